The van der Waals surface area contributed by atoms with Crippen molar-refractivity contribution in [2.75, 3.05) is 7.11 Å². The molecule has 7 heterocycles. The Morgan fingerprint density at radius 1 is 0.463 bits per heavy atom. The van der Waals surface area contributed by atoms with Gasteiger partial charge in [0.1, 0.15) is 29.0 Å². The number of rotatable bonds is 31. The third-order valence-electron chi connectivity index (χ3n) is 23.6. The number of aliphatic hydroxyl groups excluding tert-OH is 6. The summed E-state index contributed by atoms with van der Waals surface area (Å²) in [5, 5.41) is 95.1. The van der Waals surface area contributed by atoms with E-state index in [1.165, 1.54) is 61.7 Å². The summed E-state index contributed by atoms with van der Waals surface area (Å²) in [6.07, 6.45) is 17.5. The molecule has 0 spiro atoms. The molecule has 136 heavy (non-hydrogen) atoms. The maximum absolute atomic E-state index is 13.8. The van der Waals surface area contributed by atoms with Gasteiger partial charge < -0.3 is 84.7 Å². The van der Waals surface area contributed by atoms with E-state index in [-0.39, 0.29) is 105 Å². The van der Waals surface area contributed by atoms with Gasteiger partial charge in [0.05, 0.1) is 121 Å². The van der Waals surface area contributed by atoms with E-state index in [1.54, 1.807) is 73.0 Å². The van der Waals surface area contributed by atoms with E-state index >= 15 is 0 Å². The monoisotopic (exact) mass is 1870 g/mol. The van der Waals surface area contributed by atoms with Crippen LogP contribution in [0.25, 0.3) is 107 Å². The zero-order chi connectivity index (χ0) is 95.6. The van der Waals surface area contributed by atoms with Crippen LogP contribution in [0.1, 0.15) is 191 Å². The van der Waals surface area contributed by atoms with Crippen molar-refractivity contribution >= 4 is 124 Å². The van der Waals surface area contributed by atoms with E-state index < -0.39 is 79.6 Å². The number of carboxylic acids is 3. The Kier molecular flexibility index (Phi) is 35.2. The summed E-state index contributed by atoms with van der Waals surface area (Å²) in [7, 11) is 1.38. The number of ether oxygens (including phenoxy) is 3. The average Bonchev–Trinajstić information content (AvgIpc) is 1.67. The quantitative estimate of drug-likeness (QED) is 0.00918. The van der Waals surface area contributed by atoms with E-state index in [2.05, 4.69) is 12.1 Å². The van der Waals surface area contributed by atoms with Crippen LogP contribution in [-0.4, -0.2) is 174 Å². The summed E-state index contributed by atoms with van der Waals surface area (Å²) in [4.78, 5) is 63.4. The van der Waals surface area contributed by atoms with Crippen LogP contribution in [0, 0.1) is 23.3 Å². The van der Waals surface area contributed by atoms with E-state index in [0.29, 0.717) is 36.6 Å². The fourth-order valence-corrected chi connectivity index (χ4v) is 16.7. The molecule has 18 rings (SSSR count). The van der Waals surface area contributed by atoms with Crippen molar-refractivity contribution in [1.29, 1.82) is 0 Å². The number of nitrogens with zero attached hydrogens (tertiary/aromatic N) is 5. The molecule has 6 aromatic heterocycles. The minimum atomic E-state index is -1.37. The van der Waals surface area contributed by atoms with E-state index in [1.807, 2.05) is 140 Å². The number of methoxy groups -OCH3 is 1. The summed E-state index contributed by atoms with van der Waals surface area (Å²) in [5.41, 5.74) is 23.1. The van der Waals surface area contributed by atoms with E-state index in [4.69, 9.17) is 44.3 Å². The smallest absolute Gasteiger partial charge is 0.550 e. The number of benzene rings is 7. The van der Waals surface area contributed by atoms with Crippen LogP contribution in [-0.2, 0) is 39.9 Å². The molecule has 28 heteroatoms. The first kappa shape index (κ1) is 101. The van der Waals surface area contributed by atoms with Gasteiger partial charge in [0.25, 0.3) is 0 Å². The predicted molar refractivity (Wildman–Crippen MR) is 504 cm³/mol. The van der Waals surface area contributed by atoms with Crippen LogP contribution in [0.3, 0.4) is 0 Å². The number of carboxylic acid groups (broad SMARTS) is 3. The molecule has 8 atom stereocenters. The topological polar surface area (TPSA) is 381 Å². The molecule has 0 bridgehead atoms. The number of carbonyl (C=O) groups excluding carboxylic acids is 4. The Bertz CT molecular complexity index is 6020. The molecular formula is C108H106CaF4N6O17. The van der Waals surface area contributed by atoms with Crippen molar-refractivity contribution in [2.24, 2.45) is 5.73 Å². The first-order valence-corrected chi connectivity index (χ1v) is 45.2. The third kappa shape index (κ3) is 27.9. The number of aromatic nitrogens is 5. The van der Waals surface area contributed by atoms with Crippen molar-refractivity contribution in [1.82, 2.24) is 19.9 Å². The second kappa shape index (κ2) is 47.2. The average molecular weight is 1880 g/mol. The number of para-hydroxylation sites is 3. The Labute approximate surface area is 814 Å². The summed E-state index contributed by atoms with van der Waals surface area (Å²) in [6.45, 7) is 4.20. The Hall–Kier alpha value is -11.9. The molecule has 4 aliphatic carbocycles. The van der Waals surface area contributed by atoms with Crippen molar-refractivity contribution in [3.8, 4) is 44.6 Å². The normalized spacial score (nSPS) is 17.0. The molecule has 1 saturated heterocycles. The number of halogens is 4. The number of furan rings is 1. The predicted octanol–water partition coefficient (Wildman–Crippen LogP) is 14.9. The molecular weight excluding hydrogens is 1770 g/mol. The molecule has 700 valence electrons. The molecule has 5 fully saturated rings. The molecule has 13 aromatic rings. The van der Waals surface area contributed by atoms with Crippen LogP contribution in [0.2, 0.25) is 0 Å². The number of fused-ring (bicyclic) bond motifs is 4. The van der Waals surface area contributed by atoms with Gasteiger partial charge in [0.2, 0.25) is 0 Å². The molecule has 5 aliphatic rings. The third-order valence-corrected chi connectivity index (χ3v) is 23.6. The number of esters is 1. The van der Waals surface area contributed by atoms with Gasteiger partial charge in [-0.1, -0.05) is 140 Å². The summed E-state index contributed by atoms with van der Waals surface area (Å²) in [5.74, 6) is -4.25. The van der Waals surface area contributed by atoms with Gasteiger partial charge in [-0.3, -0.25) is 19.7 Å². The Morgan fingerprint density at radius 2 is 0.816 bits per heavy atom. The molecule has 0 unspecified atom stereocenters. The molecule has 4 saturated carbocycles. The molecule has 0 amide bonds. The summed E-state index contributed by atoms with van der Waals surface area (Å²) < 4.78 is 78.2. The minimum Gasteiger partial charge on any atom is -0.550 e. The maximum Gasteiger partial charge on any atom is 2.00 e. The minimum absolute atomic E-state index is 0. The van der Waals surface area contributed by atoms with Crippen molar-refractivity contribution in [3.63, 3.8) is 0 Å². The molecule has 7 aromatic carbocycles. The molecule has 1 aliphatic heterocycles. The van der Waals surface area contributed by atoms with Crippen LogP contribution >= 0.6 is 0 Å². The SMILES string of the molecule is COC(=O)C[C@H]1C[C@@H](/C=C/c2c(C3CC3)nc3ccccc3c2-c2ccc(F)cc2)OC(C)(C)O1.NCc1ccco1.O=C([O-])C[C@H](O)C[C@H](O)/C=C/c1c(C2CC2)nc2cccc[n+]2c1-c1ccc(F)cc1.O=C([O-])C[C@H](O)C[C@H](O)/C=C/c1c(C2CC2)nc2ccccc2c1-c1ccc(F)cc1.O=C([O-])C[C@H](O)C[C@H](O)/C=C/c1c(C2CC2)nc2ccccc2c1-c1ccc(F)cc1.[Ca+2]. The van der Waals surface area contributed by atoms with Gasteiger partial charge in [-0.2, -0.15) is 4.40 Å². The first-order chi connectivity index (χ1) is 65.0. The van der Waals surface area contributed by atoms with Crippen molar-refractivity contribution in [2.45, 2.75) is 201 Å². The molecule has 23 nitrogen and oxygen atoms in total. The number of carbonyl (C=O) groups is 4. The Balaban J connectivity index is 0.000000149. The van der Waals surface area contributed by atoms with Gasteiger partial charge in [-0.05, 0) is 190 Å². The number of hydrogen-bond donors (Lipinski definition) is 7. The summed E-state index contributed by atoms with van der Waals surface area (Å²) in [6, 6.07) is 58.5. The van der Waals surface area contributed by atoms with Gasteiger partial charge in [0, 0.05) is 148 Å². The fourth-order valence-electron chi connectivity index (χ4n) is 16.7. The van der Waals surface area contributed by atoms with E-state index in [9.17, 15) is 82.7 Å². The zero-order valence-electron chi connectivity index (χ0n) is 75.5. The van der Waals surface area contributed by atoms with Gasteiger partial charge >= 0.3 is 49.4 Å². The van der Waals surface area contributed by atoms with Crippen molar-refractivity contribution in [3.05, 3.63) is 311 Å². The van der Waals surface area contributed by atoms with Crippen LogP contribution in [0.4, 0.5) is 17.6 Å². The first-order valence-electron chi connectivity index (χ1n) is 45.2. The van der Waals surface area contributed by atoms with E-state index in [0.717, 1.165) is 185 Å². The molecule has 8 N–H and O–H groups in total. The van der Waals surface area contributed by atoms with Gasteiger partial charge in [-0.25, -0.2) is 17.6 Å². The largest absolute Gasteiger partial charge is 2.00 e. The number of pyridine rings is 4. The number of aliphatic carboxylic acids is 3. The van der Waals surface area contributed by atoms with Crippen molar-refractivity contribution < 1.29 is 106 Å². The maximum atomic E-state index is 13.8. The number of aliphatic hydroxyl groups is 6. The number of hydrogen-bond acceptors (Lipinski definition) is 22. The van der Waals surface area contributed by atoms with Crippen LogP contribution in [0.15, 0.2) is 241 Å². The Morgan fingerprint density at radius 3 is 1.16 bits per heavy atom. The van der Waals surface area contributed by atoms with Gasteiger partial charge in [0.15, 0.2) is 17.2 Å². The molecule has 0 radical (unpaired) electrons. The summed E-state index contributed by atoms with van der Waals surface area (Å²) >= 11 is 0. The second-order valence-electron chi connectivity index (χ2n) is 34.9. The van der Waals surface area contributed by atoms with Crippen LogP contribution < -0.4 is 25.5 Å². The van der Waals surface area contributed by atoms with Gasteiger partial charge in [-0.15, -0.1) is 0 Å². The number of nitrogens with two attached hydrogens (primary N) is 1. The standard InChI is InChI=1S/C29H30FNO4.2C25H24FNO4.C24H23FN2O4.C5H7NO.Ca/c1-29(2)34-21(16-22(35-29)17-26(32)33-3)14-15-24-27(18-10-12-20(30)13-11-18)23-6-4-5-7-25(23)31-28(24)19-8-9-19;2*26-17-9-7-15(8-10-17)24-20-3-1-2-4-22(20)27-25(16-5-6-16)21(24)12-11-18(28)13-19(29)14-23(30)31;25-17-8-6-16(7-9-17)24-20(11-10-18(28)13-19(29)14-22(30)31)23(15-4-5-15)26-21-3-1-2-12-27(21)24;6-4-5-2-1-3-7-5;/h4-7,10-15,19,21-22H,8-9,16-17H2,1-3H3;2*1-4,7-12,16,18-19,28-29H,5-6,13-14H2,(H,30,31);1-3,6-12,15,18-19,28-29H,4-5,13-14H2;1-3H,4,6H2;/q;;;;;+2/p-2/b15-14+;2*12-11+;11-10+;;/t21-,22-;3*18-,19-;;/m1111../s1. The fraction of sp³-hybridized carbons (Fsp3) is 0.306. The van der Waals surface area contributed by atoms with Crippen LogP contribution in [0.5, 0.6) is 0 Å². The zero-order valence-corrected chi connectivity index (χ0v) is 77.7. The second-order valence-corrected chi connectivity index (χ2v) is 34.9.